The Kier molecular flexibility index (Phi) is 8.67. The van der Waals surface area contributed by atoms with Crippen LogP contribution in [0.25, 0.3) is 0 Å². The molecule has 1 aromatic rings. The molecule has 0 radical (unpaired) electrons. The van der Waals surface area contributed by atoms with Gasteiger partial charge in [0.05, 0.1) is 13.2 Å². The van der Waals surface area contributed by atoms with Crippen LogP contribution in [-0.4, -0.2) is 81.7 Å². The van der Waals surface area contributed by atoms with Crippen molar-refractivity contribution in [3.05, 3.63) is 34.9 Å². The SMILES string of the molecule is CN=C(NCC(=O)NCCOC)N1CCN(Cc2ccc(Cl)cc2)CC1. The zero-order valence-electron chi connectivity index (χ0n) is 15.5. The Bertz CT molecular complexity index is 586. The van der Waals surface area contributed by atoms with Crippen LogP contribution in [-0.2, 0) is 16.1 Å². The standard InChI is InChI=1S/C18H28ClN5O2/c1-20-18(22-13-17(25)21-7-12-26-2)24-10-8-23(9-11-24)14-15-3-5-16(19)6-4-15/h3-6H,7-14H2,1-2H3,(H,20,22)(H,21,25). The zero-order valence-corrected chi connectivity index (χ0v) is 16.3. The van der Waals surface area contributed by atoms with E-state index in [1.165, 1.54) is 5.56 Å². The Morgan fingerprint density at radius 1 is 1.19 bits per heavy atom. The summed E-state index contributed by atoms with van der Waals surface area (Å²) in [5, 5.41) is 6.68. The third-order valence-corrected chi connectivity index (χ3v) is 4.49. The number of nitrogens with zero attached hydrogens (tertiary/aromatic N) is 3. The number of carbonyl (C=O) groups excluding carboxylic acids is 1. The number of guanidine groups is 1. The molecular formula is C18H28ClN5O2. The van der Waals surface area contributed by atoms with Crippen LogP contribution in [0.4, 0.5) is 0 Å². The second-order valence-electron chi connectivity index (χ2n) is 6.13. The van der Waals surface area contributed by atoms with E-state index in [-0.39, 0.29) is 12.5 Å². The van der Waals surface area contributed by atoms with E-state index in [0.29, 0.717) is 13.2 Å². The molecule has 1 fully saturated rings. The molecule has 1 aliphatic heterocycles. The number of hydrogen-bond donors (Lipinski definition) is 2. The van der Waals surface area contributed by atoms with Gasteiger partial charge < -0.3 is 20.3 Å². The first-order valence-electron chi connectivity index (χ1n) is 8.80. The highest BCUT2D eigenvalue weighted by Crippen LogP contribution is 2.13. The second kappa shape index (κ2) is 11.0. The topological polar surface area (TPSA) is 69.2 Å². The van der Waals surface area contributed by atoms with Gasteiger partial charge in [0.15, 0.2) is 5.96 Å². The zero-order chi connectivity index (χ0) is 18.8. The highest BCUT2D eigenvalue weighted by atomic mass is 35.5. The van der Waals surface area contributed by atoms with Gasteiger partial charge in [0.2, 0.25) is 5.91 Å². The van der Waals surface area contributed by atoms with Crippen molar-refractivity contribution in [2.24, 2.45) is 4.99 Å². The number of benzene rings is 1. The molecule has 1 amide bonds. The lowest BCUT2D eigenvalue weighted by molar-refractivity contribution is -0.120. The highest BCUT2D eigenvalue weighted by Gasteiger charge is 2.20. The van der Waals surface area contributed by atoms with E-state index in [4.69, 9.17) is 16.3 Å². The first kappa shape index (κ1) is 20.5. The maximum absolute atomic E-state index is 11.8. The van der Waals surface area contributed by atoms with Crippen molar-refractivity contribution in [3.63, 3.8) is 0 Å². The van der Waals surface area contributed by atoms with Gasteiger partial charge in [-0.2, -0.15) is 0 Å². The second-order valence-corrected chi connectivity index (χ2v) is 6.57. The molecule has 0 spiro atoms. The monoisotopic (exact) mass is 381 g/mol. The fourth-order valence-electron chi connectivity index (χ4n) is 2.81. The Labute approximate surface area is 160 Å². The van der Waals surface area contributed by atoms with Gasteiger partial charge in [0, 0.05) is 58.4 Å². The summed E-state index contributed by atoms with van der Waals surface area (Å²) >= 11 is 5.94. The lowest BCUT2D eigenvalue weighted by atomic mass is 10.2. The van der Waals surface area contributed by atoms with Crippen LogP contribution in [0.15, 0.2) is 29.3 Å². The molecule has 1 aromatic carbocycles. The number of carbonyl (C=O) groups is 1. The lowest BCUT2D eigenvalue weighted by Gasteiger charge is -2.36. The van der Waals surface area contributed by atoms with Crippen LogP contribution < -0.4 is 10.6 Å². The number of methoxy groups -OCH3 is 1. The molecule has 1 aliphatic rings. The molecule has 1 heterocycles. The minimum absolute atomic E-state index is 0.0652. The average molecular weight is 382 g/mol. The minimum Gasteiger partial charge on any atom is -0.383 e. The number of aliphatic imine (C=N–C) groups is 1. The summed E-state index contributed by atoms with van der Waals surface area (Å²) in [6, 6.07) is 7.99. The predicted molar refractivity (Wildman–Crippen MR) is 105 cm³/mol. The first-order valence-corrected chi connectivity index (χ1v) is 9.18. The van der Waals surface area contributed by atoms with Crippen molar-refractivity contribution in [1.82, 2.24) is 20.4 Å². The molecule has 0 aliphatic carbocycles. The van der Waals surface area contributed by atoms with E-state index in [9.17, 15) is 4.79 Å². The van der Waals surface area contributed by atoms with Crippen LogP contribution in [0.2, 0.25) is 5.02 Å². The molecule has 144 valence electrons. The van der Waals surface area contributed by atoms with Gasteiger partial charge in [-0.25, -0.2) is 0 Å². The van der Waals surface area contributed by atoms with Crippen molar-refractivity contribution in [1.29, 1.82) is 0 Å². The van der Waals surface area contributed by atoms with Gasteiger partial charge >= 0.3 is 0 Å². The van der Waals surface area contributed by atoms with E-state index in [1.807, 2.05) is 12.1 Å². The highest BCUT2D eigenvalue weighted by molar-refractivity contribution is 6.30. The molecule has 0 bridgehead atoms. The number of nitrogens with one attached hydrogen (secondary N) is 2. The molecule has 0 aromatic heterocycles. The van der Waals surface area contributed by atoms with Gasteiger partial charge in [0.1, 0.15) is 0 Å². The number of halogens is 1. The van der Waals surface area contributed by atoms with Crippen molar-refractivity contribution < 1.29 is 9.53 Å². The fourth-order valence-corrected chi connectivity index (χ4v) is 2.94. The molecule has 2 N–H and O–H groups in total. The summed E-state index contributed by atoms with van der Waals surface area (Å²) in [5.74, 6) is 0.697. The molecule has 0 saturated carbocycles. The molecule has 0 unspecified atom stereocenters. The Hall–Kier alpha value is -1.83. The van der Waals surface area contributed by atoms with E-state index in [1.54, 1.807) is 14.2 Å². The third-order valence-electron chi connectivity index (χ3n) is 4.24. The van der Waals surface area contributed by atoms with Gasteiger partial charge in [-0.15, -0.1) is 0 Å². The van der Waals surface area contributed by atoms with Crippen LogP contribution in [0, 0.1) is 0 Å². The molecule has 8 heteroatoms. The first-order chi connectivity index (χ1) is 12.6. The summed E-state index contributed by atoms with van der Waals surface area (Å²) < 4.78 is 4.91. The van der Waals surface area contributed by atoms with E-state index in [0.717, 1.165) is 43.7 Å². The molecule has 2 rings (SSSR count). The summed E-state index contributed by atoms with van der Waals surface area (Å²) in [5.41, 5.74) is 1.26. The summed E-state index contributed by atoms with van der Waals surface area (Å²) in [6.45, 7) is 5.79. The van der Waals surface area contributed by atoms with E-state index < -0.39 is 0 Å². The normalized spacial score (nSPS) is 15.8. The number of hydrogen-bond acceptors (Lipinski definition) is 4. The molecule has 7 nitrogen and oxygen atoms in total. The summed E-state index contributed by atoms with van der Waals surface area (Å²) in [4.78, 5) is 20.7. The number of rotatable bonds is 7. The van der Waals surface area contributed by atoms with Crippen LogP contribution in [0.1, 0.15) is 5.56 Å². The van der Waals surface area contributed by atoms with Crippen LogP contribution in [0.5, 0.6) is 0 Å². The van der Waals surface area contributed by atoms with Gasteiger partial charge in [-0.05, 0) is 17.7 Å². The van der Waals surface area contributed by atoms with Crippen LogP contribution in [0.3, 0.4) is 0 Å². The van der Waals surface area contributed by atoms with Crippen molar-refractivity contribution in [3.8, 4) is 0 Å². The third kappa shape index (κ3) is 6.82. The maximum atomic E-state index is 11.8. The van der Waals surface area contributed by atoms with Gasteiger partial charge in [-0.3, -0.25) is 14.7 Å². The summed E-state index contributed by atoms with van der Waals surface area (Å²) in [6.07, 6.45) is 0. The molecule has 1 saturated heterocycles. The maximum Gasteiger partial charge on any atom is 0.239 e. The fraction of sp³-hybridized carbons (Fsp3) is 0.556. The number of amides is 1. The molecular weight excluding hydrogens is 354 g/mol. The Morgan fingerprint density at radius 2 is 1.88 bits per heavy atom. The lowest BCUT2D eigenvalue weighted by Crippen LogP contribution is -2.53. The number of piperazine rings is 1. The Morgan fingerprint density at radius 3 is 2.50 bits per heavy atom. The predicted octanol–water partition coefficient (Wildman–Crippen LogP) is 0.796. The van der Waals surface area contributed by atoms with Gasteiger partial charge in [-0.1, -0.05) is 23.7 Å². The van der Waals surface area contributed by atoms with E-state index in [2.05, 4.69) is 37.6 Å². The van der Waals surface area contributed by atoms with E-state index >= 15 is 0 Å². The summed E-state index contributed by atoms with van der Waals surface area (Å²) in [7, 11) is 3.35. The van der Waals surface area contributed by atoms with Gasteiger partial charge in [0.25, 0.3) is 0 Å². The molecule has 0 atom stereocenters. The van der Waals surface area contributed by atoms with Crippen molar-refractivity contribution in [2.75, 3.05) is 60.0 Å². The van der Waals surface area contributed by atoms with Crippen molar-refractivity contribution >= 4 is 23.5 Å². The minimum atomic E-state index is -0.0652. The number of ether oxygens (including phenoxy) is 1. The largest absolute Gasteiger partial charge is 0.383 e. The van der Waals surface area contributed by atoms with Crippen molar-refractivity contribution in [2.45, 2.75) is 6.54 Å². The van der Waals surface area contributed by atoms with Crippen LogP contribution >= 0.6 is 11.6 Å². The smallest absolute Gasteiger partial charge is 0.239 e. The average Bonchev–Trinajstić information content (AvgIpc) is 2.65. The quantitative estimate of drug-likeness (QED) is 0.415. The molecule has 26 heavy (non-hydrogen) atoms. The Balaban J connectivity index is 1.72.